The van der Waals surface area contributed by atoms with E-state index in [1.54, 1.807) is 29.9 Å². The van der Waals surface area contributed by atoms with Gasteiger partial charge >= 0.3 is 0 Å². The Morgan fingerprint density at radius 1 is 1.32 bits per heavy atom. The monoisotopic (exact) mass is 383 g/mol. The molecule has 9 heteroatoms. The third-order valence-corrected chi connectivity index (χ3v) is 4.76. The molecule has 1 saturated heterocycles. The van der Waals surface area contributed by atoms with Gasteiger partial charge in [0, 0.05) is 37.6 Å². The minimum atomic E-state index is -0.503. The fourth-order valence-electron chi connectivity index (χ4n) is 3.47. The molecule has 1 fully saturated rings. The van der Waals surface area contributed by atoms with Crippen LogP contribution in [0.4, 0.5) is 15.9 Å². The molecule has 4 rings (SSSR count). The van der Waals surface area contributed by atoms with Crippen molar-refractivity contribution in [3.8, 4) is 0 Å². The predicted octanol–water partition coefficient (Wildman–Crippen LogP) is 2.01. The van der Waals surface area contributed by atoms with Gasteiger partial charge in [-0.1, -0.05) is 6.92 Å². The minimum Gasteiger partial charge on any atom is -0.354 e. The van der Waals surface area contributed by atoms with Gasteiger partial charge in [-0.05, 0) is 19.9 Å². The van der Waals surface area contributed by atoms with Crippen molar-refractivity contribution in [2.24, 2.45) is 0 Å². The summed E-state index contributed by atoms with van der Waals surface area (Å²) >= 11 is 0. The van der Waals surface area contributed by atoms with Crippen molar-refractivity contribution in [1.29, 1.82) is 0 Å². The first kappa shape index (κ1) is 18.3. The fraction of sp³-hybridized carbons (Fsp3) is 0.368. The second-order valence-corrected chi connectivity index (χ2v) is 6.89. The van der Waals surface area contributed by atoms with Gasteiger partial charge in [0.05, 0.1) is 23.8 Å². The van der Waals surface area contributed by atoms with E-state index in [1.807, 2.05) is 0 Å². The van der Waals surface area contributed by atoms with Crippen LogP contribution in [0.3, 0.4) is 0 Å². The number of hydrogen-bond acceptors (Lipinski definition) is 6. The lowest BCUT2D eigenvalue weighted by Crippen LogP contribution is -2.32. The van der Waals surface area contributed by atoms with Crippen molar-refractivity contribution in [1.82, 2.24) is 24.7 Å². The summed E-state index contributed by atoms with van der Waals surface area (Å²) in [5.41, 5.74) is 1.42. The maximum Gasteiger partial charge on any atom is 0.275 e. The molecular formula is C19H22FN7O. The first-order valence-electron chi connectivity index (χ1n) is 9.30. The Morgan fingerprint density at radius 2 is 2.18 bits per heavy atom. The first-order chi connectivity index (χ1) is 13.5. The highest BCUT2D eigenvalue weighted by atomic mass is 19.1. The van der Waals surface area contributed by atoms with Crippen LogP contribution >= 0.6 is 0 Å². The summed E-state index contributed by atoms with van der Waals surface area (Å²) in [6, 6.07) is 1.69. The van der Waals surface area contributed by atoms with E-state index >= 15 is 0 Å². The zero-order valence-electron chi connectivity index (χ0n) is 15.8. The zero-order chi connectivity index (χ0) is 19.7. The van der Waals surface area contributed by atoms with E-state index in [9.17, 15) is 9.18 Å². The lowest BCUT2D eigenvalue weighted by Gasteiger charge is -2.17. The Kier molecular flexibility index (Phi) is 4.91. The average Bonchev–Trinajstić information content (AvgIpc) is 3.28. The first-order valence-corrected chi connectivity index (χ1v) is 9.30. The van der Waals surface area contributed by atoms with Gasteiger partial charge in [0.2, 0.25) is 0 Å². The molecule has 4 heterocycles. The Hall–Kier alpha value is -3.07. The molecule has 1 unspecified atom stereocenters. The molecule has 0 saturated carbocycles. The van der Waals surface area contributed by atoms with E-state index in [1.165, 1.54) is 12.3 Å². The van der Waals surface area contributed by atoms with Crippen LogP contribution in [-0.2, 0) is 0 Å². The molecule has 1 aliphatic rings. The zero-order valence-corrected chi connectivity index (χ0v) is 15.8. The lowest BCUT2D eigenvalue weighted by molar-refractivity contribution is 0.102. The number of amides is 1. The van der Waals surface area contributed by atoms with Crippen LogP contribution in [0.2, 0.25) is 0 Å². The van der Waals surface area contributed by atoms with Crippen LogP contribution in [-0.4, -0.2) is 50.9 Å². The Morgan fingerprint density at radius 3 is 2.93 bits per heavy atom. The number of aromatic nitrogens is 4. The SMILES string of the molecule is CCNC1CCN(c2cnc(C(=O)Nc3cc(F)c4nc(C)cn4c3)cn2)C1. The van der Waals surface area contributed by atoms with Gasteiger partial charge in [0.15, 0.2) is 11.5 Å². The molecule has 0 bridgehead atoms. The normalized spacial score (nSPS) is 16.7. The van der Waals surface area contributed by atoms with E-state index in [-0.39, 0.29) is 11.3 Å². The van der Waals surface area contributed by atoms with Crippen molar-refractivity contribution in [3.63, 3.8) is 0 Å². The molecule has 28 heavy (non-hydrogen) atoms. The number of aryl methyl sites for hydroxylation is 1. The Balaban J connectivity index is 1.45. The van der Waals surface area contributed by atoms with Crippen LogP contribution in [0.25, 0.3) is 5.65 Å². The van der Waals surface area contributed by atoms with Crippen molar-refractivity contribution in [2.75, 3.05) is 29.9 Å². The molecule has 146 valence electrons. The number of fused-ring (bicyclic) bond motifs is 1. The summed E-state index contributed by atoms with van der Waals surface area (Å²) in [7, 11) is 0. The van der Waals surface area contributed by atoms with E-state index in [2.05, 4.69) is 37.4 Å². The van der Waals surface area contributed by atoms with Crippen molar-refractivity contribution in [3.05, 3.63) is 48.1 Å². The molecule has 0 spiro atoms. The topological polar surface area (TPSA) is 87.5 Å². The summed E-state index contributed by atoms with van der Waals surface area (Å²) in [4.78, 5) is 27.3. The number of hydrogen-bond donors (Lipinski definition) is 2. The summed E-state index contributed by atoms with van der Waals surface area (Å²) < 4.78 is 15.7. The maximum atomic E-state index is 14.2. The molecule has 8 nitrogen and oxygen atoms in total. The summed E-state index contributed by atoms with van der Waals surface area (Å²) in [5.74, 6) is -0.198. The number of carbonyl (C=O) groups excluding carboxylic acids is 1. The number of halogens is 1. The number of imidazole rings is 1. The molecule has 3 aromatic heterocycles. The smallest absolute Gasteiger partial charge is 0.275 e. The largest absolute Gasteiger partial charge is 0.354 e. The van der Waals surface area contributed by atoms with Crippen molar-refractivity contribution < 1.29 is 9.18 Å². The van der Waals surface area contributed by atoms with E-state index in [0.717, 1.165) is 31.9 Å². The van der Waals surface area contributed by atoms with Gasteiger partial charge in [-0.2, -0.15) is 0 Å². The number of nitrogens with zero attached hydrogens (tertiary/aromatic N) is 5. The van der Waals surface area contributed by atoms with E-state index in [4.69, 9.17) is 0 Å². The molecule has 2 N–H and O–H groups in total. The quantitative estimate of drug-likeness (QED) is 0.701. The summed E-state index contributed by atoms with van der Waals surface area (Å²) in [6.07, 6.45) is 7.41. The number of nitrogens with one attached hydrogen (secondary N) is 2. The highest BCUT2D eigenvalue weighted by Crippen LogP contribution is 2.19. The van der Waals surface area contributed by atoms with Crippen LogP contribution < -0.4 is 15.5 Å². The van der Waals surface area contributed by atoms with E-state index in [0.29, 0.717) is 17.4 Å². The van der Waals surface area contributed by atoms with E-state index < -0.39 is 11.7 Å². The third kappa shape index (κ3) is 3.65. The van der Waals surface area contributed by atoms with Gasteiger partial charge in [0.1, 0.15) is 11.5 Å². The van der Waals surface area contributed by atoms with Crippen molar-refractivity contribution in [2.45, 2.75) is 26.3 Å². The summed E-state index contributed by atoms with van der Waals surface area (Å²) in [6.45, 7) is 6.59. The number of anilines is 2. The molecule has 1 atom stereocenters. The number of carbonyl (C=O) groups is 1. The molecule has 3 aromatic rings. The van der Waals surface area contributed by atoms with Gasteiger partial charge in [-0.15, -0.1) is 0 Å². The molecule has 0 radical (unpaired) electrons. The van der Waals surface area contributed by atoms with Gasteiger partial charge < -0.3 is 19.9 Å². The molecular weight excluding hydrogens is 361 g/mol. The average molecular weight is 383 g/mol. The number of rotatable bonds is 5. The number of likely N-dealkylation sites (N-methyl/N-ethyl adjacent to an activating group) is 1. The highest BCUT2D eigenvalue weighted by molar-refractivity contribution is 6.02. The van der Waals surface area contributed by atoms with Gasteiger partial charge in [-0.25, -0.2) is 19.3 Å². The number of pyridine rings is 1. The molecule has 1 amide bonds. The predicted molar refractivity (Wildman–Crippen MR) is 104 cm³/mol. The second-order valence-electron chi connectivity index (χ2n) is 6.89. The molecule has 1 aliphatic heterocycles. The highest BCUT2D eigenvalue weighted by Gasteiger charge is 2.23. The van der Waals surface area contributed by atoms with Crippen molar-refractivity contribution >= 4 is 23.1 Å². The maximum absolute atomic E-state index is 14.2. The third-order valence-electron chi connectivity index (χ3n) is 4.76. The Labute approximate surface area is 161 Å². The Bertz CT molecular complexity index is 1000. The lowest BCUT2D eigenvalue weighted by atomic mass is 10.3. The van der Waals surface area contributed by atoms with Gasteiger partial charge in [0.25, 0.3) is 5.91 Å². The van der Waals surface area contributed by atoms with Crippen LogP contribution in [0.1, 0.15) is 29.5 Å². The standard InChI is InChI=1S/C19H22FN7O/c1-3-21-13-4-5-26(10-13)17-8-22-16(7-23-17)19(28)25-14-6-15(20)18-24-12(2)9-27(18)11-14/h6-9,11,13,21H,3-5,10H2,1-2H3,(H,25,28). The molecule has 0 aliphatic carbocycles. The second kappa shape index (κ2) is 7.51. The van der Waals surface area contributed by atoms with Crippen LogP contribution in [0.5, 0.6) is 0 Å². The fourth-order valence-corrected chi connectivity index (χ4v) is 3.47. The van der Waals surface area contributed by atoms with Crippen LogP contribution in [0.15, 0.2) is 30.9 Å². The molecule has 0 aromatic carbocycles. The summed E-state index contributed by atoms with van der Waals surface area (Å²) in [5, 5.41) is 6.09. The van der Waals surface area contributed by atoms with Gasteiger partial charge in [-0.3, -0.25) is 4.79 Å². The minimum absolute atomic E-state index is 0.175. The van der Waals surface area contributed by atoms with Crippen LogP contribution in [0, 0.1) is 12.7 Å².